The van der Waals surface area contributed by atoms with Crippen LogP contribution in [0.3, 0.4) is 0 Å². The van der Waals surface area contributed by atoms with Crippen LogP contribution in [0.2, 0.25) is 0 Å². The molecule has 2 bridgehead atoms. The number of fused-ring (bicyclic) bond motifs is 5. The van der Waals surface area contributed by atoms with Crippen molar-refractivity contribution in [1.29, 1.82) is 0 Å². The lowest BCUT2D eigenvalue weighted by atomic mass is 9.83. The van der Waals surface area contributed by atoms with E-state index in [0.717, 1.165) is 30.1 Å². The lowest BCUT2D eigenvalue weighted by Gasteiger charge is -2.40. The van der Waals surface area contributed by atoms with Crippen LogP contribution in [0.1, 0.15) is 42.5 Å². The van der Waals surface area contributed by atoms with Gasteiger partial charge in [-0.1, -0.05) is 12.5 Å². The van der Waals surface area contributed by atoms with Crippen molar-refractivity contribution in [2.45, 2.75) is 38.1 Å². The first-order valence-corrected chi connectivity index (χ1v) is 9.73. The van der Waals surface area contributed by atoms with E-state index in [1.807, 2.05) is 24.4 Å². The van der Waals surface area contributed by atoms with Crippen LogP contribution in [0, 0.1) is 11.8 Å². The summed E-state index contributed by atoms with van der Waals surface area (Å²) in [7, 11) is 0. The summed E-state index contributed by atoms with van der Waals surface area (Å²) in [4.78, 5) is 18.0. The van der Waals surface area contributed by atoms with E-state index in [-0.39, 0.29) is 5.91 Å². The van der Waals surface area contributed by atoms with Gasteiger partial charge in [0.25, 0.3) is 5.91 Å². The number of pyridine rings is 1. The average Bonchev–Trinajstić information content (AvgIpc) is 2.81. The molecular weight excluding hydrogens is 312 g/mol. The fraction of sp³-hybridized carbons (Fsp3) is 0.600. The predicted molar refractivity (Wildman–Crippen MR) is 96.5 cm³/mol. The molecule has 0 aromatic carbocycles. The smallest absolute Gasteiger partial charge is 0.257 e. The van der Waals surface area contributed by atoms with Gasteiger partial charge in [-0.2, -0.15) is 5.10 Å². The lowest BCUT2D eigenvalue weighted by Crippen LogP contribution is -2.47. The third-order valence-electron chi connectivity index (χ3n) is 6.49. The highest BCUT2D eigenvalue weighted by Crippen LogP contribution is 2.33. The molecule has 5 nitrogen and oxygen atoms in total. The second kappa shape index (κ2) is 6.13. The van der Waals surface area contributed by atoms with Crippen LogP contribution >= 0.6 is 0 Å². The zero-order valence-corrected chi connectivity index (χ0v) is 14.7. The number of carbonyl (C=O) groups excluding carboxylic acids is 1. The first-order valence-electron chi connectivity index (χ1n) is 9.73. The Kier molecular flexibility index (Phi) is 3.77. The van der Waals surface area contributed by atoms with Crippen LogP contribution < -0.4 is 0 Å². The van der Waals surface area contributed by atoms with Crippen LogP contribution in [0.15, 0.2) is 30.6 Å². The maximum absolute atomic E-state index is 13.2. The monoisotopic (exact) mass is 338 g/mol. The molecule has 3 saturated heterocycles. The van der Waals surface area contributed by atoms with Crippen molar-refractivity contribution < 1.29 is 4.79 Å². The molecule has 25 heavy (non-hydrogen) atoms. The molecule has 0 spiro atoms. The molecule has 5 heteroatoms. The summed E-state index contributed by atoms with van der Waals surface area (Å²) >= 11 is 0. The second-order valence-electron chi connectivity index (χ2n) is 8.15. The molecule has 1 saturated carbocycles. The van der Waals surface area contributed by atoms with E-state index < -0.39 is 0 Å². The van der Waals surface area contributed by atoms with E-state index in [0.29, 0.717) is 12.0 Å². The zero-order chi connectivity index (χ0) is 16.8. The highest BCUT2D eigenvalue weighted by Gasteiger charge is 2.38. The molecular formula is C20H26N4O. The van der Waals surface area contributed by atoms with Crippen molar-refractivity contribution in [1.82, 2.24) is 19.4 Å². The predicted octanol–water partition coefficient (Wildman–Crippen LogP) is 2.67. The average molecular weight is 338 g/mol. The van der Waals surface area contributed by atoms with Gasteiger partial charge in [0.15, 0.2) is 0 Å². The van der Waals surface area contributed by atoms with Gasteiger partial charge in [0.1, 0.15) is 0 Å². The molecule has 2 aromatic rings. The minimum Gasteiger partial charge on any atom is -0.337 e. The highest BCUT2D eigenvalue weighted by molar-refractivity contribution is 6.00. The Balaban J connectivity index is 1.36. The number of piperidine rings is 1. The summed E-state index contributed by atoms with van der Waals surface area (Å²) in [6.07, 6.45) is 10.4. The van der Waals surface area contributed by atoms with Gasteiger partial charge in [-0.15, -0.1) is 0 Å². The van der Waals surface area contributed by atoms with Crippen LogP contribution in [-0.2, 0) is 0 Å². The highest BCUT2D eigenvalue weighted by atomic mass is 16.2. The summed E-state index contributed by atoms with van der Waals surface area (Å²) in [5, 5.41) is 4.34. The Labute approximate surface area is 148 Å². The third kappa shape index (κ3) is 2.74. The molecule has 0 unspecified atom stereocenters. The minimum atomic E-state index is 0.156. The first kappa shape index (κ1) is 15.4. The Hall–Kier alpha value is -1.88. The molecule has 3 aliphatic heterocycles. The maximum Gasteiger partial charge on any atom is 0.257 e. The van der Waals surface area contributed by atoms with Crippen LogP contribution in [0.25, 0.3) is 5.52 Å². The number of amides is 1. The summed E-state index contributed by atoms with van der Waals surface area (Å²) in [6, 6.07) is 6.44. The summed E-state index contributed by atoms with van der Waals surface area (Å²) < 4.78 is 1.79. The standard InChI is InChI=1S/C20H26N4O/c25-20(18-10-21-24-9-2-1-6-19(18)24)23-13-16-7-8-17(14-23)22(12-16)11-15-4-3-5-15/h1-2,6,9-10,15-17H,3-5,7-8,11-14H2/t16-,17-/m1/s1. The summed E-state index contributed by atoms with van der Waals surface area (Å²) in [6.45, 7) is 4.21. The molecule has 132 valence electrons. The fourth-order valence-electron chi connectivity index (χ4n) is 4.85. The molecule has 1 aliphatic carbocycles. The molecule has 5 heterocycles. The SMILES string of the molecule is O=C(c1cnn2ccccc12)N1C[C@@H]2CC[C@H](C1)N(CC1CCC1)C2. The Bertz CT molecular complexity index is 781. The molecule has 2 aromatic heterocycles. The number of carbonyl (C=O) groups is 1. The van der Waals surface area contributed by atoms with Crippen molar-refractivity contribution in [3.8, 4) is 0 Å². The first-order chi connectivity index (χ1) is 12.3. The van der Waals surface area contributed by atoms with E-state index >= 15 is 0 Å². The zero-order valence-electron chi connectivity index (χ0n) is 14.7. The van der Waals surface area contributed by atoms with E-state index in [1.54, 1.807) is 10.7 Å². The number of hydrogen-bond acceptors (Lipinski definition) is 3. The topological polar surface area (TPSA) is 40.9 Å². The molecule has 1 amide bonds. The van der Waals surface area contributed by atoms with Gasteiger partial charge in [-0.25, -0.2) is 4.52 Å². The molecule has 6 rings (SSSR count). The van der Waals surface area contributed by atoms with Gasteiger partial charge in [0.05, 0.1) is 17.3 Å². The normalized spacial score (nSPS) is 27.4. The number of aromatic nitrogens is 2. The van der Waals surface area contributed by atoms with Gasteiger partial charge < -0.3 is 4.90 Å². The fourth-order valence-corrected chi connectivity index (χ4v) is 4.85. The van der Waals surface area contributed by atoms with E-state index in [2.05, 4.69) is 14.9 Å². The maximum atomic E-state index is 13.2. The molecule has 2 atom stereocenters. The van der Waals surface area contributed by atoms with Crippen molar-refractivity contribution in [2.75, 3.05) is 26.2 Å². The van der Waals surface area contributed by atoms with Crippen LogP contribution in [-0.4, -0.2) is 57.5 Å². The van der Waals surface area contributed by atoms with E-state index in [4.69, 9.17) is 0 Å². The van der Waals surface area contributed by atoms with Gasteiger partial charge in [0.2, 0.25) is 0 Å². The van der Waals surface area contributed by atoms with Crippen LogP contribution in [0.4, 0.5) is 0 Å². The molecule has 0 N–H and O–H groups in total. The largest absolute Gasteiger partial charge is 0.337 e. The summed E-state index contributed by atoms with van der Waals surface area (Å²) in [5.74, 6) is 1.69. The van der Waals surface area contributed by atoms with E-state index in [9.17, 15) is 4.79 Å². The van der Waals surface area contributed by atoms with Crippen LogP contribution in [0.5, 0.6) is 0 Å². The second-order valence-corrected chi connectivity index (χ2v) is 8.15. The lowest BCUT2D eigenvalue weighted by molar-refractivity contribution is 0.0719. The molecule has 0 radical (unpaired) electrons. The van der Waals surface area contributed by atoms with Crippen molar-refractivity contribution in [3.63, 3.8) is 0 Å². The van der Waals surface area contributed by atoms with Gasteiger partial charge >= 0.3 is 0 Å². The molecule has 4 aliphatic rings. The van der Waals surface area contributed by atoms with Gasteiger partial charge in [-0.05, 0) is 49.7 Å². The van der Waals surface area contributed by atoms with Crippen molar-refractivity contribution >= 4 is 11.4 Å². The van der Waals surface area contributed by atoms with Crippen molar-refractivity contribution in [3.05, 3.63) is 36.2 Å². The Morgan fingerprint density at radius 1 is 1.12 bits per heavy atom. The summed E-state index contributed by atoms with van der Waals surface area (Å²) in [5.41, 5.74) is 1.66. The minimum absolute atomic E-state index is 0.156. The quantitative estimate of drug-likeness (QED) is 0.864. The number of hydrogen-bond donors (Lipinski definition) is 0. The van der Waals surface area contributed by atoms with E-state index in [1.165, 1.54) is 45.2 Å². The van der Waals surface area contributed by atoms with Gasteiger partial charge in [0, 0.05) is 38.4 Å². The third-order valence-corrected chi connectivity index (χ3v) is 6.49. The van der Waals surface area contributed by atoms with Gasteiger partial charge in [-0.3, -0.25) is 9.69 Å². The van der Waals surface area contributed by atoms with Crippen molar-refractivity contribution in [2.24, 2.45) is 11.8 Å². The molecule has 4 fully saturated rings. The number of nitrogens with zero attached hydrogens (tertiary/aromatic N) is 4. The number of rotatable bonds is 3. The Morgan fingerprint density at radius 2 is 2.04 bits per heavy atom. The Morgan fingerprint density at radius 3 is 2.88 bits per heavy atom.